The smallest absolute Gasteiger partial charge is 0.128 e. The van der Waals surface area contributed by atoms with Gasteiger partial charge in [0.1, 0.15) is 10.6 Å². The molecular weight excluding hydrogens is 238 g/mol. The molecule has 0 amide bonds. The molecule has 0 aliphatic rings. The number of fused-ring (bicyclic) bond motifs is 1. The topological polar surface area (TPSA) is 33.1 Å². The summed E-state index contributed by atoms with van der Waals surface area (Å²) in [5.74, 6) is 0.288. The highest BCUT2D eigenvalue weighted by Gasteiger charge is 2.10. The van der Waals surface area contributed by atoms with Gasteiger partial charge in [0.15, 0.2) is 0 Å². The molecule has 2 aromatic heterocycles. The number of aromatic hydroxyl groups is 1. The van der Waals surface area contributed by atoms with E-state index in [2.05, 4.69) is 20.9 Å². The van der Waals surface area contributed by atoms with Crippen LogP contribution >= 0.6 is 27.3 Å². The number of rotatable bonds is 0. The van der Waals surface area contributed by atoms with Crippen LogP contribution in [-0.2, 0) is 0 Å². The first-order valence-corrected chi connectivity index (χ1v) is 5.03. The van der Waals surface area contributed by atoms with Crippen molar-refractivity contribution in [3.05, 3.63) is 21.6 Å². The van der Waals surface area contributed by atoms with Gasteiger partial charge in [-0.2, -0.15) is 0 Å². The van der Waals surface area contributed by atoms with Gasteiger partial charge in [-0.3, -0.25) is 0 Å². The molecule has 2 nitrogen and oxygen atoms in total. The lowest BCUT2D eigenvalue weighted by Gasteiger charge is -1.93. The summed E-state index contributed by atoms with van der Waals surface area (Å²) in [7, 11) is 0. The summed E-state index contributed by atoms with van der Waals surface area (Å²) in [6, 6.07) is 1.60. The third-order valence-corrected chi connectivity index (χ3v) is 3.94. The largest absolute Gasteiger partial charge is 0.507 e. The zero-order valence-electron chi connectivity index (χ0n) is 6.34. The minimum absolute atomic E-state index is 0.288. The summed E-state index contributed by atoms with van der Waals surface area (Å²) < 4.78 is 0.952. The minimum atomic E-state index is 0.288. The van der Waals surface area contributed by atoms with Gasteiger partial charge in [0.05, 0.1) is 5.39 Å². The molecule has 2 rings (SSSR count). The summed E-state index contributed by atoms with van der Waals surface area (Å²) >= 11 is 4.99. The van der Waals surface area contributed by atoms with Crippen molar-refractivity contribution >= 4 is 37.5 Å². The number of thiophene rings is 1. The first-order valence-electron chi connectivity index (χ1n) is 3.42. The molecule has 0 aliphatic carbocycles. The number of aromatic nitrogens is 1. The maximum absolute atomic E-state index is 9.50. The van der Waals surface area contributed by atoms with Gasteiger partial charge < -0.3 is 5.11 Å². The lowest BCUT2D eigenvalue weighted by molar-refractivity contribution is 0.481. The Morgan fingerprint density at radius 3 is 3.00 bits per heavy atom. The van der Waals surface area contributed by atoms with Gasteiger partial charge in [0.2, 0.25) is 0 Å². The molecule has 0 atom stereocenters. The maximum Gasteiger partial charge on any atom is 0.128 e. The Balaban J connectivity index is 2.97. The number of halogens is 1. The third kappa shape index (κ3) is 1.03. The molecule has 0 fully saturated rings. The molecule has 0 aromatic carbocycles. The number of hydrogen-bond donors (Lipinski definition) is 1. The van der Waals surface area contributed by atoms with Gasteiger partial charge in [-0.05, 0) is 28.9 Å². The molecule has 0 unspecified atom stereocenters. The van der Waals surface area contributed by atoms with Crippen LogP contribution in [0.25, 0.3) is 10.2 Å². The van der Waals surface area contributed by atoms with Crippen molar-refractivity contribution in [2.45, 2.75) is 6.92 Å². The second kappa shape index (κ2) is 2.71. The Hall–Kier alpha value is -0.610. The first-order chi connectivity index (χ1) is 5.70. The fraction of sp³-hybridized carbons (Fsp3) is 0.125. The zero-order chi connectivity index (χ0) is 8.72. The van der Waals surface area contributed by atoms with Crippen LogP contribution in [0.4, 0.5) is 0 Å². The molecule has 2 heterocycles. The SMILES string of the molecule is Cc1sc2nccc(O)c2c1Br. The normalized spacial score (nSPS) is 10.8. The predicted octanol–water partition coefficient (Wildman–Crippen LogP) is 3.07. The fourth-order valence-corrected chi connectivity index (χ4v) is 2.75. The van der Waals surface area contributed by atoms with Crippen LogP contribution in [0.3, 0.4) is 0 Å². The van der Waals surface area contributed by atoms with Crippen LogP contribution < -0.4 is 0 Å². The van der Waals surface area contributed by atoms with Crippen molar-refractivity contribution in [3.63, 3.8) is 0 Å². The van der Waals surface area contributed by atoms with Crippen molar-refractivity contribution in [1.82, 2.24) is 4.98 Å². The van der Waals surface area contributed by atoms with Crippen LogP contribution in [0.2, 0.25) is 0 Å². The van der Waals surface area contributed by atoms with Crippen molar-refractivity contribution in [2.75, 3.05) is 0 Å². The summed E-state index contributed by atoms with van der Waals surface area (Å²) in [6.45, 7) is 2.00. The first kappa shape index (κ1) is 8.01. The van der Waals surface area contributed by atoms with Gasteiger partial charge in [0, 0.05) is 15.5 Å². The van der Waals surface area contributed by atoms with E-state index < -0.39 is 0 Å². The summed E-state index contributed by atoms with van der Waals surface area (Å²) in [5.41, 5.74) is 0. The number of nitrogens with zero attached hydrogens (tertiary/aromatic N) is 1. The molecule has 0 radical (unpaired) electrons. The number of hydrogen-bond acceptors (Lipinski definition) is 3. The Labute approximate surface area is 82.0 Å². The van der Waals surface area contributed by atoms with E-state index in [1.54, 1.807) is 23.6 Å². The molecule has 4 heteroatoms. The van der Waals surface area contributed by atoms with Gasteiger partial charge in [-0.1, -0.05) is 0 Å². The van der Waals surface area contributed by atoms with E-state index in [1.807, 2.05) is 6.92 Å². The maximum atomic E-state index is 9.50. The van der Waals surface area contributed by atoms with Crippen molar-refractivity contribution < 1.29 is 5.11 Å². The molecule has 2 aromatic rings. The van der Waals surface area contributed by atoms with Crippen LogP contribution in [0.15, 0.2) is 16.7 Å². The molecule has 0 bridgehead atoms. The minimum Gasteiger partial charge on any atom is -0.507 e. The Morgan fingerprint density at radius 2 is 2.33 bits per heavy atom. The van der Waals surface area contributed by atoms with Crippen molar-refractivity contribution in [3.8, 4) is 5.75 Å². The summed E-state index contributed by atoms with van der Waals surface area (Å²) in [5, 5.41) is 10.3. The predicted molar refractivity (Wildman–Crippen MR) is 53.7 cm³/mol. The number of pyridine rings is 1. The van der Waals surface area contributed by atoms with Crippen molar-refractivity contribution in [1.29, 1.82) is 0 Å². The lowest BCUT2D eigenvalue weighted by atomic mass is 10.3. The summed E-state index contributed by atoms with van der Waals surface area (Å²) in [4.78, 5) is 6.16. The van der Waals surface area contributed by atoms with E-state index in [9.17, 15) is 5.11 Å². The average molecular weight is 244 g/mol. The zero-order valence-corrected chi connectivity index (χ0v) is 8.74. The average Bonchev–Trinajstić information content (AvgIpc) is 2.29. The van der Waals surface area contributed by atoms with E-state index in [4.69, 9.17) is 0 Å². The van der Waals surface area contributed by atoms with E-state index in [1.165, 1.54) is 0 Å². The quantitative estimate of drug-likeness (QED) is 0.772. The third-order valence-electron chi connectivity index (χ3n) is 1.67. The van der Waals surface area contributed by atoms with E-state index in [0.29, 0.717) is 0 Å². The number of aryl methyl sites for hydroxylation is 1. The highest BCUT2D eigenvalue weighted by atomic mass is 79.9. The molecule has 1 N–H and O–H groups in total. The molecule has 0 saturated heterocycles. The second-order valence-electron chi connectivity index (χ2n) is 2.48. The Morgan fingerprint density at radius 1 is 1.58 bits per heavy atom. The molecule has 0 spiro atoms. The Kier molecular flexibility index (Phi) is 1.81. The van der Waals surface area contributed by atoms with Crippen molar-refractivity contribution in [2.24, 2.45) is 0 Å². The highest BCUT2D eigenvalue weighted by Crippen LogP contribution is 2.38. The van der Waals surface area contributed by atoms with Gasteiger partial charge in [-0.25, -0.2) is 4.98 Å². The Bertz CT molecular complexity index is 438. The summed E-state index contributed by atoms with van der Waals surface area (Å²) in [6.07, 6.45) is 1.61. The van der Waals surface area contributed by atoms with Crippen LogP contribution in [-0.4, -0.2) is 10.1 Å². The van der Waals surface area contributed by atoms with E-state index in [0.717, 1.165) is 19.6 Å². The van der Waals surface area contributed by atoms with Crippen LogP contribution in [0.1, 0.15) is 4.88 Å². The molecule has 62 valence electrons. The van der Waals surface area contributed by atoms with Gasteiger partial charge in [0.25, 0.3) is 0 Å². The lowest BCUT2D eigenvalue weighted by Crippen LogP contribution is -1.71. The molecule has 12 heavy (non-hydrogen) atoms. The van der Waals surface area contributed by atoms with Gasteiger partial charge >= 0.3 is 0 Å². The standard InChI is InChI=1S/C8H6BrNOS/c1-4-7(9)6-5(11)2-3-10-8(6)12-4/h2-3H,1H3,(H,10,11). The molecule has 0 saturated carbocycles. The fourth-order valence-electron chi connectivity index (χ4n) is 1.08. The van der Waals surface area contributed by atoms with Crippen LogP contribution in [0, 0.1) is 6.92 Å². The van der Waals surface area contributed by atoms with Gasteiger partial charge in [-0.15, -0.1) is 11.3 Å². The van der Waals surface area contributed by atoms with E-state index >= 15 is 0 Å². The highest BCUT2D eigenvalue weighted by molar-refractivity contribution is 9.10. The molecular formula is C8H6BrNOS. The van der Waals surface area contributed by atoms with E-state index in [-0.39, 0.29) is 5.75 Å². The second-order valence-corrected chi connectivity index (χ2v) is 4.48. The molecule has 0 aliphatic heterocycles. The monoisotopic (exact) mass is 243 g/mol. The van der Waals surface area contributed by atoms with Crippen LogP contribution in [0.5, 0.6) is 5.75 Å².